The van der Waals surface area contributed by atoms with Crippen molar-refractivity contribution < 1.29 is 28.5 Å². The van der Waals surface area contributed by atoms with Gasteiger partial charge in [0.1, 0.15) is 0 Å². The van der Waals surface area contributed by atoms with Gasteiger partial charge in [0.05, 0.1) is 13.2 Å². The van der Waals surface area contributed by atoms with Gasteiger partial charge in [0.2, 0.25) is 0 Å². The highest BCUT2D eigenvalue weighted by atomic mass is 16.6. The number of hydrogen-bond donors (Lipinski definition) is 0. The van der Waals surface area contributed by atoms with Gasteiger partial charge in [0, 0.05) is 0 Å². The molecule has 6 heteroatoms. The molecule has 1 aromatic carbocycles. The van der Waals surface area contributed by atoms with Crippen LogP contribution >= 0.6 is 0 Å². The van der Waals surface area contributed by atoms with Gasteiger partial charge in [-0.3, -0.25) is 0 Å². The number of rotatable bonds is 24. The zero-order valence-corrected chi connectivity index (χ0v) is 22.9. The molecule has 0 saturated carbocycles. The van der Waals surface area contributed by atoms with Gasteiger partial charge in [-0.1, -0.05) is 116 Å². The summed E-state index contributed by atoms with van der Waals surface area (Å²) in [7, 11) is 0. The van der Waals surface area contributed by atoms with Crippen molar-refractivity contribution in [3.05, 3.63) is 24.3 Å². The fraction of sp³-hybridized carbons (Fsp3) is 0.733. The highest BCUT2D eigenvalue weighted by Gasteiger charge is 2.11. The van der Waals surface area contributed by atoms with Crippen LogP contribution in [-0.4, -0.2) is 38.4 Å². The van der Waals surface area contributed by atoms with Crippen molar-refractivity contribution in [1.82, 2.24) is 0 Å². The summed E-state index contributed by atoms with van der Waals surface area (Å²) in [4.78, 5) is 24.0. The van der Waals surface area contributed by atoms with Gasteiger partial charge in [-0.05, 0) is 25.0 Å². The zero-order chi connectivity index (χ0) is 26.1. The average molecular weight is 507 g/mol. The number of esters is 2. The molecule has 0 unspecified atom stereocenters. The van der Waals surface area contributed by atoms with E-state index in [1.54, 1.807) is 24.3 Å². The molecule has 1 aromatic rings. The number of benzene rings is 1. The molecule has 0 aliphatic heterocycles. The van der Waals surface area contributed by atoms with Crippen LogP contribution in [0, 0.1) is 0 Å². The standard InChI is InChI=1S/C30H50O6/c1-3-5-7-9-11-13-15-19-23-33-29(31)25-35-27-21-17-18-22-28(27)36-26-30(32)34-24-20-16-14-12-10-8-6-4-2/h17-18,21-22H,3-16,19-20,23-26H2,1-2H3. The van der Waals surface area contributed by atoms with Crippen LogP contribution in [0.15, 0.2) is 24.3 Å². The maximum atomic E-state index is 12.0. The van der Waals surface area contributed by atoms with E-state index in [1.165, 1.54) is 77.0 Å². The van der Waals surface area contributed by atoms with Crippen LogP contribution in [0.4, 0.5) is 0 Å². The van der Waals surface area contributed by atoms with Gasteiger partial charge in [-0.15, -0.1) is 0 Å². The molecule has 0 N–H and O–H groups in total. The maximum Gasteiger partial charge on any atom is 0.344 e. The SMILES string of the molecule is CCCCCCCCCCOC(=O)COc1ccccc1OCC(=O)OCCCCCCCCCC. The Morgan fingerprint density at radius 3 is 1.22 bits per heavy atom. The largest absolute Gasteiger partial charge is 0.478 e. The third-order valence-corrected chi connectivity index (χ3v) is 6.06. The summed E-state index contributed by atoms with van der Waals surface area (Å²) in [6.07, 6.45) is 19.1. The second-order valence-electron chi connectivity index (χ2n) is 9.41. The maximum absolute atomic E-state index is 12.0. The third-order valence-electron chi connectivity index (χ3n) is 6.06. The van der Waals surface area contributed by atoms with E-state index >= 15 is 0 Å². The lowest BCUT2D eigenvalue weighted by Gasteiger charge is -2.12. The summed E-state index contributed by atoms with van der Waals surface area (Å²) in [6.45, 7) is 4.89. The van der Waals surface area contributed by atoms with Crippen molar-refractivity contribution in [3.8, 4) is 11.5 Å². The molecule has 0 aliphatic carbocycles. The summed E-state index contributed by atoms with van der Waals surface area (Å²) in [5, 5.41) is 0. The van der Waals surface area contributed by atoms with Gasteiger partial charge in [-0.25, -0.2) is 9.59 Å². The molecule has 0 radical (unpaired) electrons. The Morgan fingerprint density at radius 1 is 0.528 bits per heavy atom. The predicted octanol–water partition coefficient (Wildman–Crippen LogP) is 7.81. The molecule has 0 atom stereocenters. The second-order valence-corrected chi connectivity index (χ2v) is 9.41. The lowest BCUT2D eigenvalue weighted by atomic mass is 10.1. The van der Waals surface area contributed by atoms with Gasteiger partial charge in [-0.2, -0.15) is 0 Å². The molecular weight excluding hydrogens is 456 g/mol. The van der Waals surface area contributed by atoms with E-state index in [1.807, 2.05) is 0 Å². The van der Waals surface area contributed by atoms with E-state index in [4.69, 9.17) is 18.9 Å². The second kappa shape index (κ2) is 23.2. The molecule has 0 aliphatic rings. The summed E-state index contributed by atoms with van der Waals surface area (Å²) >= 11 is 0. The van der Waals surface area contributed by atoms with Crippen LogP contribution < -0.4 is 9.47 Å². The van der Waals surface area contributed by atoms with E-state index in [0.717, 1.165) is 25.7 Å². The molecule has 0 amide bonds. The predicted molar refractivity (Wildman–Crippen MR) is 145 cm³/mol. The van der Waals surface area contributed by atoms with E-state index in [-0.39, 0.29) is 13.2 Å². The summed E-state index contributed by atoms with van der Waals surface area (Å²) in [5.74, 6) is -0.00940. The number of carbonyl (C=O) groups is 2. The van der Waals surface area contributed by atoms with Crippen molar-refractivity contribution in [2.75, 3.05) is 26.4 Å². The number of carbonyl (C=O) groups excluding carboxylic acids is 2. The van der Waals surface area contributed by atoms with Crippen molar-refractivity contribution >= 4 is 11.9 Å². The molecule has 0 spiro atoms. The fourth-order valence-corrected chi connectivity index (χ4v) is 3.89. The number of ether oxygens (including phenoxy) is 4. The minimum Gasteiger partial charge on any atom is -0.478 e. The van der Waals surface area contributed by atoms with Gasteiger partial charge in [0.15, 0.2) is 24.7 Å². The Kier molecular flexibility index (Phi) is 20.5. The van der Waals surface area contributed by atoms with Crippen molar-refractivity contribution in [2.24, 2.45) is 0 Å². The van der Waals surface area contributed by atoms with Crippen LogP contribution in [0.5, 0.6) is 11.5 Å². The van der Waals surface area contributed by atoms with Crippen LogP contribution in [0.3, 0.4) is 0 Å². The zero-order valence-electron chi connectivity index (χ0n) is 22.9. The summed E-state index contributed by atoms with van der Waals surface area (Å²) in [6, 6.07) is 6.98. The van der Waals surface area contributed by atoms with Crippen molar-refractivity contribution in [2.45, 2.75) is 117 Å². The van der Waals surface area contributed by atoms with Crippen LogP contribution in [0.2, 0.25) is 0 Å². The molecule has 0 aromatic heterocycles. The van der Waals surface area contributed by atoms with Crippen molar-refractivity contribution in [1.29, 1.82) is 0 Å². The Bertz CT molecular complexity index is 618. The Balaban J connectivity index is 2.13. The lowest BCUT2D eigenvalue weighted by Crippen LogP contribution is -2.17. The number of unbranched alkanes of at least 4 members (excludes halogenated alkanes) is 14. The van der Waals surface area contributed by atoms with Gasteiger partial charge < -0.3 is 18.9 Å². The fourth-order valence-electron chi connectivity index (χ4n) is 3.89. The van der Waals surface area contributed by atoms with E-state index in [0.29, 0.717) is 24.7 Å². The first kappa shape index (κ1) is 31.8. The monoisotopic (exact) mass is 506 g/mol. The topological polar surface area (TPSA) is 71.1 Å². The minimum atomic E-state index is -0.405. The van der Waals surface area contributed by atoms with Crippen LogP contribution in [0.25, 0.3) is 0 Å². The minimum absolute atomic E-state index is 0.194. The Morgan fingerprint density at radius 2 is 0.861 bits per heavy atom. The van der Waals surface area contributed by atoms with E-state index < -0.39 is 11.9 Å². The van der Waals surface area contributed by atoms with Gasteiger partial charge in [0.25, 0.3) is 0 Å². The molecule has 1 rings (SSSR count). The molecule has 0 saturated heterocycles. The highest BCUT2D eigenvalue weighted by Crippen LogP contribution is 2.26. The summed E-state index contributed by atoms with van der Waals surface area (Å²) < 4.78 is 21.7. The smallest absolute Gasteiger partial charge is 0.344 e. The van der Waals surface area contributed by atoms with E-state index in [9.17, 15) is 9.59 Å². The normalized spacial score (nSPS) is 10.7. The number of hydrogen-bond acceptors (Lipinski definition) is 6. The Labute approximate surface area is 219 Å². The third kappa shape index (κ3) is 18.1. The summed E-state index contributed by atoms with van der Waals surface area (Å²) in [5.41, 5.74) is 0. The molecule has 0 fully saturated rings. The molecule has 36 heavy (non-hydrogen) atoms. The highest BCUT2D eigenvalue weighted by molar-refractivity contribution is 5.72. The molecular formula is C30H50O6. The lowest BCUT2D eigenvalue weighted by molar-refractivity contribution is -0.147. The molecule has 0 heterocycles. The first-order chi connectivity index (χ1) is 17.7. The van der Waals surface area contributed by atoms with E-state index in [2.05, 4.69) is 13.8 Å². The van der Waals surface area contributed by atoms with Crippen molar-refractivity contribution in [3.63, 3.8) is 0 Å². The molecule has 6 nitrogen and oxygen atoms in total. The van der Waals surface area contributed by atoms with Gasteiger partial charge >= 0.3 is 11.9 Å². The molecule has 0 bridgehead atoms. The first-order valence-corrected chi connectivity index (χ1v) is 14.3. The number of para-hydroxylation sites is 2. The van der Waals surface area contributed by atoms with Crippen LogP contribution in [0.1, 0.15) is 117 Å². The quantitative estimate of drug-likeness (QED) is 0.105. The first-order valence-electron chi connectivity index (χ1n) is 14.3. The molecule has 206 valence electrons. The van der Waals surface area contributed by atoms with Crippen LogP contribution in [-0.2, 0) is 19.1 Å². The Hall–Kier alpha value is -2.24. The average Bonchev–Trinajstić information content (AvgIpc) is 2.89.